The third-order valence-electron chi connectivity index (χ3n) is 2.95. The number of carbonyl (C=O) groups is 4. The van der Waals surface area contributed by atoms with Gasteiger partial charge in [-0.1, -0.05) is 29.8 Å². The van der Waals surface area contributed by atoms with Gasteiger partial charge in [0, 0.05) is 0 Å². The van der Waals surface area contributed by atoms with Gasteiger partial charge in [-0.2, -0.15) is 0 Å². The first-order chi connectivity index (χ1) is 10.9. The molecule has 1 heterocycles. The number of rotatable bonds is 5. The van der Waals surface area contributed by atoms with Crippen molar-refractivity contribution in [2.75, 3.05) is 13.1 Å². The Hall–Kier alpha value is -2.61. The molecule has 2 N–H and O–H groups in total. The normalized spacial score (nSPS) is 16.0. The second-order valence-electron chi connectivity index (χ2n) is 4.85. The van der Waals surface area contributed by atoms with Crippen molar-refractivity contribution in [2.24, 2.45) is 0 Å². The second-order valence-corrected chi connectivity index (χ2v) is 5.85. The van der Waals surface area contributed by atoms with Crippen molar-refractivity contribution < 1.29 is 24.3 Å². The standard InChI is InChI=1S/C15H14N2O5S/c1-9-3-2-4-10(5-9)6-11-14(21)17(15(22)23-11)8-12(18)16-7-13(19)20/h2-6H,7-8H2,1H3,(H,16,18)(H,19,20)/b11-6-. The Kier molecular flexibility index (Phi) is 5.17. The van der Waals surface area contributed by atoms with Crippen molar-refractivity contribution in [3.63, 3.8) is 0 Å². The highest BCUT2D eigenvalue weighted by atomic mass is 32.2. The molecule has 7 nitrogen and oxygen atoms in total. The average molecular weight is 334 g/mol. The number of nitrogens with one attached hydrogen (secondary N) is 1. The summed E-state index contributed by atoms with van der Waals surface area (Å²) in [7, 11) is 0. The van der Waals surface area contributed by atoms with Crippen LogP contribution in [0.15, 0.2) is 29.2 Å². The summed E-state index contributed by atoms with van der Waals surface area (Å²) in [6, 6.07) is 7.43. The van der Waals surface area contributed by atoms with E-state index in [9.17, 15) is 19.2 Å². The average Bonchev–Trinajstić information content (AvgIpc) is 2.73. The Morgan fingerprint density at radius 2 is 2.09 bits per heavy atom. The number of hydrogen-bond acceptors (Lipinski definition) is 5. The summed E-state index contributed by atoms with van der Waals surface area (Å²) in [6.07, 6.45) is 1.59. The van der Waals surface area contributed by atoms with Gasteiger partial charge in [-0.3, -0.25) is 24.1 Å². The molecular weight excluding hydrogens is 320 g/mol. The van der Waals surface area contributed by atoms with Crippen molar-refractivity contribution in [1.82, 2.24) is 10.2 Å². The van der Waals surface area contributed by atoms with Gasteiger partial charge in [0.05, 0.1) is 4.91 Å². The lowest BCUT2D eigenvalue weighted by molar-refractivity contribution is -0.138. The maximum atomic E-state index is 12.2. The zero-order chi connectivity index (χ0) is 17.0. The second kappa shape index (κ2) is 7.10. The number of carboxylic acid groups (broad SMARTS) is 1. The molecule has 1 aliphatic heterocycles. The van der Waals surface area contributed by atoms with Gasteiger partial charge in [-0.25, -0.2) is 0 Å². The number of aliphatic carboxylic acids is 1. The van der Waals surface area contributed by atoms with Crippen LogP contribution in [0, 0.1) is 6.92 Å². The van der Waals surface area contributed by atoms with E-state index in [0.29, 0.717) is 0 Å². The number of thioether (sulfide) groups is 1. The number of benzene rings is 1. The molecule has 1 aliphatic rings. The predicted octanol–water partition coefficient (Wildman–Crippen LogP) is 1.23. The highest BCUT2D eigenvalue weighted by Crippen LogP contribution is 2.31. The molecule has 2 rings (SSSR count). The highest BCUT2D eigenvalue weighted by Gasteiger charge is 2.36. The molecule has 0 aliphatic carbocycles. The third-order valence-corrected chi connectivity index (χ3v) is 3.86. The van der Waals surface area contributed by atoms with Crippen molar-refractivity contribution in [3.8, 4) is 0 Å². The Bertz CT molecular complexity index is 714. The van der Waals surface area contributed by atoms with Crippen molar-refractivity contribution in [2.45, 2.75) is 6.92 Å². The zero-order valence-corrected chi connectivity index (χ0v) is 13.1. The maximum Gasteiger partial charge on any atom is 0.322 e. The summed E-state index contributed by atoms with van der Waals surface area (Å²) in [6.45, 7) is 0.854. The van der Waals surface area contributed by atoms with Gasteiger partial charge >= 0.3 is 5.97 Å². The van der Waals surface area contributed by atoms with Crippen LogP contribution >= 0.6 is 11.8 Å². The summed E-state index contributed by atoms with van der Waals surface area (Å²) in [4.78, 5) is 47.0. The Labute approximate surface area is 136 Å². The molecule has 3 amide bonds. The van der Waals surface area contributed by atoms with Crippen LogP contribution in [0.4, 0.5) is 4.79 Å². The quantitative estimate of drug-likeness (QED) is 0.785. The molecule has 120 valence electrons. The molecule has 23 heavy (non-hydrogen) atoms. The van der Waals surface area contributed by atoms with Gasteiger partial charge in [-0.05, 0) is 30.3 Å². The van der Waals surface area contributed by atoms with Crippen LogP contribution in [0.2, 0.25) is 0 Å². The fourth-order valence-corrected chi connectivity index (χ4v) is 2.76. The van der Waals surface area contributed by atoms with Crippen LogP contribution in [0.1, 0.15) is 11.1 Å². The lowest BCUT2D eigenvalue weighted by Gasteiger charge is -2.11. The molecule has 0 spiro atoms. The van der Waals surface area contributed by atoms with E-state index in [1.165, 1.54) is 0 Å². The maximum absolute atomic E-state index is 12.2. The van der Waals surface area contributed by atoms with Crippen LogP contribution in [-0.4, -0.2) is 46.1 Å². The minimum absolute atomic E-state index is 0.228. The fraction of sp³-hybridized carbons (Fsp3) is 0.200. The first-order valence-electron chi connectivity index (χ1n) is 6.67. The first kappa shape index (κ1) is 16.8. The van der Waals surface area contributed by atoms with E-state index in [2.05, 4.69) is 5.32 Å². The molecular formula is C15H14N2O5S. The minimum atomic E-state index is -1.20. The summed E-state index contributed by atoms with van der Waals surface area (Å²) < 4.78 is 0. The molecule has 1 saturated heterocycles. The lowest BCUT2D eigenvalue weighted by Crippen LogP contribution is -2.41. The molecule has 0 saturated carbocycles. The zero-order valence-electron chi connectivity index (χ0n) is 12.2. The van der Waals surface area contributed by atoms with Crippen LogP contribution in [0.3, 0.4) is 0 Å². The number of carboxylic acids is 1. The number of aryl methyl sites for hydroxylation is 1. The van der Waals surface area contributed by atoms with Gasteiger partial charge < -0.3 is 10.4 Å². The summed E-state index contributed by atoms with van der Waals surface area (Å²) >= 11 is 0.751. The van der Waals surface area contributed by atoms with Gasteiger partial charge in [-0.15, -0.1) is 0 Å². The van der Waals surface area contributed by atoms with E-state index in [0.717, 1.165) is 27.8 Å². The Balaban J connectivity index is 2.08. The van der Waals surface area contributed by atoms with Crippen molar-refractivity contribution >= 4 is 40.9 Å². The van der Waals surface area contributed by atoms with Gasteiger partial charge in [0.25, 0.3) is 11.1 Å². The number of amides is 3. The smallest absolute Gasteiger partial charge is 0.322 e. The van der Waals surface area contributed by atoms with E-state index >= 15 is 0 Å². The first-order valence-corrected chi connectivity index (χ1v) is 7.49. The van der Waals surface area contributed by atoms with Gasteiger partial charge in [0.1, 0.15) is 13.1 Å². The summed E-state index contributed by atoms with van der Waals surface area (Å²) in [5.74, 6) is -2.47. The molecule has 1 aromatic carbocycles. The largest absolute Gasteiger partial charge is 0.480 e. The molecule has 1 aromatic rings. The molecule has 1 fully saturated rings. The summed E-state index contributed by atoms with van der Waals surface area (Å²) in [5.41, 5.74) is 1.80. The number of nitrogens with zero attached hydrogens (tertiary/aromatic N) is 1. The van der Waals surface area contributed by atoms with E-state index in [-0.39, 0.29) is 4.91 Å². The third kappa shape index (κ3) is 4.43. The molecule has 0 radical (unpaired) electrons. The molecule has 0 aromatic heterocycles. The Morgan fingerprint density at radius 1 is 1.35 bits per heavy atom. The number of carbonyl (C=O) groups excluding carboxylic acids is 3. The summed E-state index contributed by atoms with van der Waals surface area (Å²) in [5, 5.41) is 10.0. The highest BCUT2D eigenvalue weighted by molar-refractivity contribution is 8.18. The van der Waals surface area contributed by atoms with Crippen molar-refractivity contribution in [3.05, 3.63) is 40.3 Å². The van der Waals surface area contributed by atoms with Gasteiger partial charge in [0.2, 0.25) is 5.91 Å². The Morgan fingerprint density at radius 3 is 2.74 bits per heavy atom. The minimum Gasteiger partial charge on any atom is -0.480 e. The van der Waals surface area contributed by atoms with Crippen molar-refractivity contribution in [1.29, 1.82) is 0 Å². The molecule has 8 heteroatoms. The monoisotopic (exact) mass is 334 g/mol. The van der Waals surface area contributed by atoms with Crippen LogP contribution in [0.25, 0.3) is 6.08 Å². The van der Waals surface area contributed by atoms with Crippen LogP contribution in [0.5, 0.6) is 0 Å². The molecule has 0 unspecified atom stereocenters. The SMILES string of the molecule is Cc1cccc(/C=C2\SC(=O)N(CC(=O)NCC(=O)O)C2=O)c1. The van der Waals surface area contributed by atoms with Crippen LogP contribution in [-0.2, 0) is 14.4 Å². The van der Waals surface area contributed by atoms with E-state index in [1.807, 2.05) is 25.1 Å². The fourth-order valence-electron chi connectivity index (χ4n) is 1.92. The number of hydrogen-bond donors (Lipinski definition) is 2. The predicted molar refractivity (Wildman–Crippen MR) is 84.5 cm³/mol. The van der Waals surface area contributed by atoms with E-state index in [4.69, 9.17) is 5.11 Å². The van der Waals surface area contributed by atoms with E-state index in [1.54, 1.807) is 12.1 Å². The van der Waals surface area contributed by atoms with E-state index < -0.39 is 36.1 Å². The van der Waals surface area contributed by atoms with Gasteiger partial charge in [0.15, 0.2) is 0 Å². The molecule has 0 atom stereocenters. The van der Waals surface area contributed by atoms with Crippen LogP contribution < -0.4 is 5.32 Å². The lowest BCUT2D eigenvalue weighted by atomic mass is 10.1. The molecule has 0 bridgehead atoms. The number of imide groups is 1. The topological polar surface area (TPSA) is 104 Å².